The van der Waals surface area contributed by atoms with Gasteiger partial charge in [-0.2, -0.15) is 14.9 Å². The zero-order chi connectivity index (χ0) is 16.6. The van der Waals surface area contributed by atoms with Crippen molar-refractivity contribution in [1.82, 2.24) is 24.7 Å². The number of phenolic OH excluding ortho intramolecular Hbond substituents is 1. The zero-order valence-electron chi connectivity index (χ0n) is 12.4. The number of hydrogen-bond acceptors (Lipinski definition) is 5. The molecule has 23 heavy (non-hydrogen) atoms. The molecule has 0 aliphatic carbocycles. The summed E-state index contributed by atoms with van der Waals surface area (Å²) in [6, 6.07) is 7.02. The fraction of sp³-hybridized carbons (Fsp3) is 0.143. The Morgan fingerprint density at radius 3 is 2.83 bits per heavy atom. The molecule has 9 heteroatoms. The van der Waals surface area contributed by atoms with Crippen molar-refractivity contribution in [2.75, 3.05) is 0 Å². The summed E-state index contributed by atoms with van der Waals surface area (Å²) in [5.41, 5.74) is 2.34. The van der Waals surface area contributed by atoms with E-state index in [1.807, 2.05) is 19.9 Å². The van der Waals surface area contributed by atoms with E-state index in [9.17, 15) is 5.11 Å². The maximum absolute atomic E-state index is 9.88. The van der Waals surface area contributed by atoms with E-state index in [0.29, 0.717) is 16.3 Å². The number of H-pyrrole nitrogens is 1. The lowest BCUT2D eigenvalue weighted by molar-refractivity contribution is 0.474. The van der Waals surface area contributed by atoms with Crippen molar-refractivity contribution in [2.24, 2.45) is 5.10 Å². The van der Waals surface area contributed by atoms with Crippen LogP contribution in [0.2, 0.25) is 0 Å². The normalized spacial score (nSPS) is 11.4. The molecule has 0 amide bonds. The Bertz CT molecular complexity index is 955. The molecule has 2 heterocycles. The van der Waals surface area contributed by atoms with Gasteiger partial charge < -0.3 is 5.11 Å². The van der Waals surface area contributed by atoms with Gasteiger partial charge in [-0.1, -0.05) is 15.9 Å². The lowest BCUT2D eigenvalue weighted by Gasteiger charge is -2.03. The van der Waals surface area contributed by atoms with Gasteiger partial charge in [-0.15, -0.1) is 5.10 Å². The fourth-order valence-corrected chi connectivity index (χ4v) is 2.66. The molecule has 3 rings (SSSR count). The molecule has 0 bridgehead atoms. The lowest BCUT2D eigenvalue weighted by atomic mass is 10.2. The molecule has 0 radical (unpaired) electrons. The van der Waals surface area contributed by atoms with Gasteiger partial charge >= 0.3 is 0 Å². The highest BCUT2D eigenvalue weighted by Gasteiger charge is 2.11. The number of aromatic hydroxyl groups is 1. The Balaban J connectivity index is 2.06. The molecule has 0 atom stereocenters. The van der Waals surface area contributed by atoms with Crippen molar-refractivity contribution in [3.05, 3.63) is 50.5 Å². The molecular weight excluding hydrogens is 380 g/mol. The Kier molecular flexibility index (Phi) is 4.14. The van der Waals surface area contributed by atoms with Crippen LogP contribution in [0, 0.1) is 18.6 Å². The van der Waals surface area contributed by atoms with Crippen LogP contribution in [-0.2, 0) is 0 Å². The van der Waals surface area contributed by atoms with E-state index >= 15 is 0 Å². The van der Waals surface area contributed by atoms with E-state index in [1.54, 1.807) is 22.9 Å². The van der Waals surface area contributed by atoms with Crippen LogP contribution in [0.1, 0.15) is 17.0 Å². The van der Waals surface area contributed by atoms with Gasteiger partial charge in [0.05, 0.1) is 11.9 Å². The average molecular weight is 393 g/mol. The largest absolute Gasteiger partial charge is 0.507 e. The number of benzene rings is 1. The SMILES string of the molecule is Cc1cc(C)n(-c2n[nH]c(=S)n2/N=C/c2cc(Br)ccc2O)n1. The highest BCUT2D eigenvalue weighted by Crippen LogP contribution is 2.20. The van der Waals surface area contributed by atoms with Crippen LogP contribution in [-0.4, -0.2) is 36.0 Å². The van der Waals surface area contributed by atoms with Crippen LogP contribution >= 0.6 is 28.1 Å². The number of aromatic nitrogens is 5. The maximum atomic E-state index is 9.88. The van der Waals surface area contributed by atoms with E-state index < -0.39 is 0 Å². The van der Waals surface area contributed by atoms with Crippen molar-refractivity contribution in [3.8, 4) is 11.7 Å². The van der Waals surface area contributed by atoms with Gasteiger partial charge in [-0.25, -0.2) is 9.78 Å². The molecule has 0 spiro atoms. The third-order valence-corrected chi connectivity index (χ3v) is 3.89. The predicted molar refractivity (Wildman–Crippen MR) is 92.8 cm³/mol. The maximum Gasteiger partial charge on any atom is 0.271 e. The van der Waals surface area contributed by atoms with Gasteiger partial charge in [0.25, 0.3) is 5.95 Å². The number of phenols is 1. The quantitative estimate of drug-likeness (QED) is 0.529. The van der Waals surface area contributed by atoms with E-state index in [1.165, 1.54) is 10.9 Å². The van der Waals surface area contributed by atoms with Crippen LogP contribution in [0.15, 0.2) is 33.8 Å². The number of hydrogen-bond donors (Lipinski definition) is 2. The first kappa shape index (κ1) is 15.6. The van der Waals surface area contributed by atoms with Gasteiger partial charge in [0.1, 0.15) is 5.75 Å². The smallest absolute Gasteiger partial charge is 0.271 e. The summed E-state index contributed by atoms with van der Waals surface area (Å²) >= 11 is 8.58. The molecule has 2 N–H and O–H groups in total. The van der Waals surface area contributed by atoms with Crippen molar-refractivity contribution < 1.29 is 5.11 Å². The standard InChI is InChI=1S/C14H13BrN6OS/c1-8-5-9(2)20(19-8)13-17-18-14(23)21(13)16-7-10-6-11(15)3-4-12(10)22/h3-7,22H,1-2H3,(H,18,23)/b16-7+. The van der Waals surface area contributed by atoms with Gasteiger partial charge in [-0.05, 0) is 50.3 Å². The van der Waals surface area contributed by atoms with Gasteiger partial charge in [0.2, 0.25) is 4.77 Å². The number of rotatable bonds is 3. The zero-order valence-corrected chi connectivity index (χ0v) is 14.8. The summed E-state index contributed by atoms with van der Waals surface area (Å²) < 4.78 is 4.28. The lowest BCUT2D eigenvalue weighted by Crippen LogP contribution is -2.07. The van der Waals surface area contributed by atoms with Crippen LogP contribution in [0.5, 0.6) is 5.75 Å². The summed E-state index contributed by atoms with van der Waals surface area (Å²) in [5.74, 6) is 0.575. The molecule has 3 aromatic rings. The minimum atomic E-state index is 0.125. The van der Waals surface area contributed by atoms with E-state index in [0.717, 1.165) is 15.9 Å². The fourth-order valence-electron chi connectivity index (χ4n) is 2.10. The monoisotopic (exact) mass is 392 g/mol. The Morgan fingerprint density at radius 2 is 2.13 bits per heavy atom. The predicted octanol–water partition coefficient (Wildman–Crippen LogP) is 3.09. The first-order valence-electron chi connectivity index (χ1n) is 6.69. The Hall–Kier alpha value is -2.26. The average Bonchev–Trinajstić information content (AvgIpc) is 3.02. The molecule has 1 aromatic carbocycles. The molecule has 0 unspecified atom stereocenters. The number of nitrogens with zero attached hydrogens (tertiary/aromatic N) is 5. The van der Waals surface area contributed by atoms with Crippen LogP contribution in [0.4, 0.5) is 0 Å². The third-order valence-electron chi connectivity index (χ3n) is 3.13. The van der Waals surface area contributed by atoms with Crippen molar-refractivity contribution in [1.29, 1.82) is 0 Å². The number of aryl methyl sites for hydroxylation is 2. The topological polar surface area (TPSA) is 84.0 Å². The molecule has 0 saturated carbocycles. The summed E-state index contributed by atoms with van der Waals surface area (Å²) in [6.07, 6.45) is 1.51. The van der Waals surface area contributed by atoms with Crippen LogP contribution in [0.3, 0.4) is 0 Å². The summed E-state index contributed by atoms with van der Waals surface area (Å²) in [6.45, 7) is 3.82. The molecule has 0 aliphatic heterocycles. The van der Waals surface area contributed by atoms with E-state index in [4.69, 9.17) is 12.2 Å². The second kappa shape index (κ2) is 6.09. The number of halogens is 1. The Labute approximate surface area is 145 Å². The summed E-state index contributed by atoms with van der Waals surface area (Å²) in [7, 11) is 0. The number of aromatic amines is 1. The Morgan fingerprint density at radius 1 is 1.35 bits per heavy atom. The van der Waals surface area contributed by atoms with Gasteiger partial charge in [0, 0.05) is 15.7 Å². The molecular formula is C14H13BrN6OS. The molecule has 0 saturated heterocycles. The van der Waals surface area contributed by atoms with Crippen LogP contribution in [0.25, 0.3) is 5.95 Å². The van der Waals surface area contributed by atoms with E-state index in [-0.39, 0.29) is 5.75 Å². The minimum Gasteiger partial charge on any atom is -0.507 e. The van der Waals surface area contributed by atoms with E-state index in [2.05, 4.69) is 36.3 Å². The first-order chi connectivity index (χ1) is 11.0. The number of nitrogens with one attached hydrogen (secondary N) is 1. The summed E-state index contributed by atoms with van der Waals surface area (Å²) in [4.78, 5) is 0. The molecule has 0 aliphatic rings. The minimum absolute atomic E-state index is 0.125. The molecule has 7 nitrogen and oxygen atoms in total. The second-order valence-electron chi connectivity index (χ2n) is 4.93. The van der Waals surface area contributed by atoms with Crippen molar-refractivity contribution in [3.63, 3.8) is 0 Å². The van der Waals surface area contributed by atoms with Gasteiger partial charge in [-0.3, -0.25) is 0 Å². The molecule has 2 aromatic heterocycles. The molecule has 0 fully saturated rings. The van der Waals surface area contributed by atoms with Crippen molar-refractivity contribution in [2.45, 2.75) is 13.8 Å². The van der Waals surface area contributed by atoms with Crippen molar-refractivity contribution >= 4 is 34.4 Å². The highest BCUT2D eigenvalue weighted by molar-refractivity contribution is 9.10. The summed E-state index contributed by atoms with van der Waals surface area (Å²) in [5, 5.41) is 25.4. The van der Waals surface area contributed by atoms with Gasteiger partial charge in [0.15, 0.2) is 0 Å². The second-order valence-corrected chi connectivity index (χ2v) is 6.23. The third kappa shape index (κ3) is 3.10. The highest BCUT2D eigenvalue weighted by atomic mass is 79.9. The van der Waals surface area contributed by atoms with Crippen LogP contribution < -0.4 is 0 Å². The molecule has 118 valence electrons. The first-order valence-corrected chi connectivity index (χ1v) is 7.90.